The summed E-state index contributed by atoms with van der Waals surface area (Å²) in [5.41, 5.74) is 0.714. The van der Waals surface area contributed by atoms with Crippen LogP contribution in [0.5, 0.6) is 11.5 Å². The molecule has 0 spiro atoms. The zero-order chi connectivity index (χ0) is 27.8. The Kier molecular flexibility index (Phi) is 10.4. The minimum atomic E-state index is -3.88. The molecule has 37 heavy (non-hydrogen) atoms. The number of benzene rings is 2. The molecule has 0 aliphatic rings. The van der Waals surface area contributed by atoms with E-state index < -0.39 is 34.1 Å². The third kappa shape index (κ3) is 8.66. The first-order valence-electron chi connectivity index (χ1n) is 12.2. The Morgan fingerprint density at radius 3 is 2.19 bits per heavy atom. The van der Waals surface area contributed by atoms with Gasteiger partial charge in [0.15, 0.2) is 0 Å². The molecule has 2 aromatic rings. The van der Waals surface area contributed by atoms with E-state index in [0.717, 1.165) is 16.1 Å². The maximum absolute atomic E-state index is 13.8. The number of amides is 2. The normalized spacial score (nSPS) is 12.4. The van der Waals surface area contributed by atoms with Crippen molar-refractivity contribution in [3.05, 3.63) is 54.1 Å². The second-order valence-electron chi connectivity index (χ2n) is 9.79. The summed E-state index contributed by atoms with van der Waals surface area (Å²) >= 11 is 0. The molecule has 0 saturated carbocycles. The number of carbonyl (C=O) groups excluding carboxylic acids is 2. The molecule has 0 radical (unpaired) electrons. The van der Waals surface area contributed by atoms with Gasteiger partial charge in [0, 0.05) is 18.2 Å². The van der Waals surface area contributed by atoms with Crippen LogP contribution < -0.4 is 19.1 Å². The Labute approximate surface area is 220 Å². The van der Waals surface area contributed by atoms with Gasteiger partial charge in [0.05, 0.1) is 26.2 Å². The molecule has 0 aliphatic heterocycles. The van der Waals surface area contributed by atoms with Crippen LogP contribution in [0, 0.1) is 0 Å². The van der Waals surface area contributed by atoms with Gasteiger partial charge < -0.3 is 19.7 Å². The summed E-state index contributed by atoms with van der Waals surface area (Å²) < 4.78 is 37.3. The van der Waals surface area contributed by atoms with Crippen LogP contribution in [-0.2, 0) is 26.0 Å². The number of rotatable bonds is 12. The summed E-state index contributed by atoms with van der Waals surface area (Å²) in [5.74, 6) is -0.0554. The molecule has 0 unspecified atom stereocenters. The van der Waals surface area contributed by atoms with Crippen molar-refractivity contribution in [3.63, 3.8) is 0 Å². The topological polar surface area (TPSA) is 105 Å². The molecule has 1 atom stereocenters. The molecular weight excluding hydrogens is 494 g/mol. The summed E-state index contributed by atoms with van der Waals surface area (Å²) in [7, 11) is -0.979. The Morgan fingerprint density at radius 2 is 1.68 bits per heavy atom. The summed E-state index contributed by atoms with van der Waals surface area (Å²) in [4.78, 5) is 28.4. The molecule has 0 bridgehead atoms. The maximum Gasteiger partial charge on any atom is 0.244 e. The molecule has 1 N–H and O–H groups in total. The van der Waals surface area contributed by atoms with Gasteiger partial charge >= 0.3 is 0 Å². The van der Waals surface area contributed by atoms with Crippen LogP contribution in [0.15, 0.2) is 48.5 Å². The van der Waals surface area contributed by atoms with E-state index in [2.05, 4.69) is 5.32 Å². The highest BCUT2D eigenvalue weighted by atomic mass is 32.2. The van der Waals surface area contributed by atoms with E-state index in [1.54, 1.807) is 12.1 Å². The first-order valence-corrected chi connectivity index (χ1v) is 14.0. The fourth-order valence-corrected chi connectivity index (χ4v) is 4.79. The highest BCUT2D eigenvalue weighted by Gasteiger charge is 2.33. The summed E-state index contributed by atoms with van der Waals surface area (Å²) in [6.45, 7) is 7.20. The van der Waals surface area contributed by atoms with Crippen molar-refractivity contribution in [3.8, 4) is 11.5 Å². The van der Waals surface area contributed by atoms with Crippen molar-refractivity contribution in [2.75, 3.05) is 37.9 Å². The minimum Gasteiger partial charge on any atom is -0.497 e. The zero-order valence-corrected chi connectivity index (χ0v) is 23.6. The third-order valence-electron chi connectivity index (χ3n) is 5.70. The molecular formula is C27H39N3O6S. The number of hydrogen-bond acceptors (Lipinski definition) is 6. The Bertz CT molecular complexity index is 1160. The van der Waals surface area contributed by atoms with Crippen molar-refractivity contribution in [1.29, 1.82) is 0 Å². The lowest BCUT2D eigenvalue weighted by molar-refractivity contribution is -0.140. The van der Waals surface area contributed by atoms with E-state index in [1.165, 1.54) is 25.2 Å². The minimum absolute atomic E-state index is 0.203. The monoisotopic (exact) mass is 533 g/mol. The van der Waals surface area contributed by atoms with E-state index >= 15 is 0 Å². The van der Waals surface area contributed by atoms with Gasteiger partial charge in [0.2, 0.25) is 21.8 Å². The third-order valence-corrected chi connectivity index (χ3v) is 6.83. The second kappa shape index (κ2) is 12.8. The fourth-order valence-electron chi connectivity index (χ4n) is 3.93. The van der Waals surface area contributed by atoms with Crippen molar-refractivity contribution < 1.29 is 27.5 Å². The van der Waals surface area contributed by atoms with Crippen LogP contribution in [0.2, 0.25) is 0 Å². The number of methoxy groups -OCH3 is 2. The Balaban J connectivity index is 2.45. The van der Waals surface area contributed by atoms with Crippen LogP contribution in [-0.4, -0.2) is 70.3 Å². The van der Waals surface area contributed by atoms with Gasteiger partial charge in [0.1, 0.15) is 24.1 Å². The van der Waals surface area contributed by atoms with E-state index in [9.17, 15) is 18.0 Å². The molecule has 0 fully saturated rings. The number of hydrogen-bond donors (Lipinski definition) is 1. The predicted molar refractivity (Wildman–Crippen MR) is 146 cm³/mol. The first kappa shape index (κ1) is 30.0. The van der Waals surface area contributed by atoms with Crippen molar-refractivity contribution in [2.45, 2.75) is 52.1 Å². The highest BCUT2D eigenvalue weighted by Crippen LogP contribution is 2.33. The molecule has 0 heterocycles. The van der Waals surface area contributed by atoms with Crippen molar-refractivity contribution in [1.82, 2.24) is 10.2 Å². The number of sulfonamides is 1. The molecule has 204 valence electrons. The second-order valence-corrected chi connectivity index (χ2v) is 11.7. The van der Waals surface area contributed by atoms with Crippen LogP contribution in [0.1, 0.15) is 39.7 Å². The van der Waals surface area contributed by atoms with Crippen molar-refractivity contribution in [2.24, 2.45) is 0 Å². The lowest BCUT2D eigenvalue weighted by Crippen LogP contribution is -2.56. The molecule has 2 rings (SSSR count). The first-order chi connectivity index (χ1) is 17.3. The van der Waals surface area contributed by atoms with Gasteiger partial charge in [-0.25, -0.2) is 8.42 Å². The van der Waals surface area contributed by atoms with E-state index in [-0.39, 0.29) is 23.9 Å². The summed E-state index contributed by atoms with van der Waals surface area (Å²) in [6, 6.07) is 13.5. The van der Waals surface area contributed by atoms with Gasteiger partial charge in [0.25, 0.3) is 0 Å². The number of anilines is 1. The van der Waals surface area contributed by atoms with Gasteiger partial charge in [-0.05, 0) is 51.3 Å². The molecule has 0 aromatic heterocycles. The lowest BCUT2D eigenvalue weighted by atomic mass is 10.1. The smallest absolute Gasteiger partial charge is 0.244 e. The molecule has 9 nitrogen and oxygen atoms in total. The van der Waals surface area contributed by atoms with E-state index in [1.807, 2.05) is 58.0 Å². The average Bonchev–Trinajstić information content (AvgIpc) is 2.83. The van der Waals surface area contributed by atoms with Crippen molar-refractivity contribution >= 4 is 27.5 Å². The highest BCUT2D eigenvalue weighted by molar-refractivity contribution is 7.92. The molecule has 2 aromatic carbocycles. The number of ether oxygens (including phenoxy) is 2. The van der Waals surface area contributed by atoms with Crippen LogP contribution in [0.25, 0.3) is 0 Å². The van der Waals surface area contributed by atoms with Gasteiger partial charge in [-0.2, -0.15) is 0 Å². The number of nitrogens with zero attached hydrogens (tertiary/aromatic N) is 2. The van der Waals surface area contributed by atoms with Crippen LogP contribution in [0.3, 0.4) is 0 Å². The molecule has 0 saturated heterocycles. The fraction of sp³-hybridized carbons (Fsp3) is 0.481. The SMILES string of the molecule is CC[C@H](C(=O)NC(C)(C)C)N(CCc1ccccc1)C(=O)CN(c1ccc(OC)cc1OC)S(C)(=O)=O. The molecule has 2 amide bonds. The number of carbonyl (C=O) groups is 2. The van der Waals surface area contributed by atoms with E-state index in [4.69, 9.17) is 9.47 Å². The average molecular weight is 534 g/mol. The largest absolute Gasteiger partial charge is 0.497 e. The zero-order valence-electron chi connectivity index (χ0n) is 22.8. The Morgan fingerprint density at radius 1 is 1.03 bits per heavy atom. The predicted octanol–water partition coefficient (Wildman–Crippen LogP) is 3.23. The molecule has 10 heteroatoms. The lowest BCUT2D eigenvalue weighted by Gasteiger charge is -2.34. The quantitative estimate of drug-likeness (QED) is 0.449. The van der Waals surface area contributed by atoms with Gasteiger partial charge in [-0.15, -0.1) is 0 Å². The molecule has 0 aliphatic carbocycles. The van der Waals surface area contributed by atoms with E-state index in [0.29, 0.717) is 18.6 Å². The summed E-state index contributed by atoms with van der Waals surface area (Å²) in [5, 5.41) is 2.95. The van der Waals surface area contributed by atoms with Crippen LogP contribution in [0.4, 0.5) is 5.69 Å². The van der Waals surface area contributed by atoms with Crippen LogP contribution >= 0.6 is 0 Å². The Hall–Kier alpha value is -3.27. The standard InChI is InChI=1S/C27H39N3O6S/c1-8-22(26(32)28-27(2,3)4)29(17-16-20-12-10-9-11-13-20)25(31)19-30(37(7,33)34)23-15-14-21(35-5)18-24(23)36-6/h9-15,18,22H,8,16-17,19H2,1-7H3,(H,28,32)/t22-/m1/s1. The number of nitrogens with one attached hydrogen (secondary N) is 1. The summed E-state index contributed by atoms with van der Waals surface area (Å²) in [6.07, 6.45) is 1.91. The van der Waals surface area contributed by atoms with Gasteiger partial charge in [-0.1, -0.05) is 37.3 Å². The maximum atomic E-state index is 13.8. The van der Waals surface area contributed by atoms with Gasteiger partial charge in [-0.3, -0.25) is 13.9 Å².